The zero-order chi connectivity index (χ0) is 11.3. The summed E-state index contributed by atoms with van der Waals surface area (Å²) in [4.78, 5) is 0. The van der Waals surface area contributed by atoms with Crippen LogP contribution in [0, 0.1) is 0 Å². The molecule has 5 nitrogen and oxygen atoms in total. The Morgan fingerprint density at radius 2 is 2.33 bits per heavy atom. The molecule has 90 valence electrons. The number of hydrogen-bond donors (Lipinski definition) is 2. The first-order valence-electron chi connectivity index (χ1n) is 5.27. The van der Waals surface area contributed by atoms with E-state index >= 15 is 0 Å². The van der Waals surface area contributed by atoms with E-state index in [-0.39, 0.29) is 12.6 Å². The van der Waals surface area contributed by atoms with Gasteiger partial charge in [0.25, 0.3) is 0 Å². The van der Waals surface area contributed by atoms with Gasteiger partial charge in [-0.1, -0.05) is 0 Å². The number of nitrogens with one attached hydrogen (secondary N) is 2. The molecule has 0 bridgehead atoms. The zero-order valence-corrected chi connectivity index (χ0v) is 10.1. The molecule has 0 saturated carbocycles. The molecule has 1 aliphatic rings. The van der Waals surface area contributed by atoms with Crippen LogP contribution >= 0.6 is 0 Å². The average Bonchev–Trinajstić information content (AvgIpc) is 2.19. The monoisotopic (exact) mass is 236 g/mol. The van der Waals surface area contributed by atoms with Crippen molar-refractivity contribution in [3.8, 4) is 0 Å². The largest absolute Gasteiger partial charge is 0.383 e. The molecule has 2 N–H and O–H groups in total. The lowest BCUT2D eigenvalue weighted by Gasteiger charge is -2.25. The molecule has 0 aromatic carbocycles. The van der Waals surface area contributed by atoms with Gasteiger partial charge in [0.05, 0.1) is 11.9 Å². The first-order chi connectivity index (χ1) is 7.06. The molecule has 1 aliphatic heterocycles. The summed E-state index contributed by atoms with van der Waals surface area (Å²) in [5, 5.41) is 2.67. The highest BCUT2D eigenvalue weighted by molar-refractivity contribution is 7.90. The van der Waals surface area contributed by atoms with Gasteiger partial charge < -0.3 is 10.1 Å². The lowest BCUT2D eigenvalue weighted by molar-refractivity contribution is 0.200. The molecule has 0 aromatic rings. The van der Waals surface area contributed by atoms with Gasteiger partial charge in [-0.15, -0.1) is 0 Å². The van der Waals surface area contributed by atoms with Gasteiger partial charge in [0.15, 0.2) is 0 Å². The van der Waals surface area contributed by atoms with Crippen LogP contribution in [0.2, 0.25) is 0 Å². The van der Waals surface area contributed by atoms with Crippen LogP contribution < -0.4 is 10.0 Å². The standard InChI is InChI=1S/C9H20N2O3S/c1-8(7-14-2)15(12,13)11-9-4-3-5-10-6-9/h8-11H,3-7H2,1-2H3. The van der Waals surface area contributed by atoms with E-state index in [1.165, 1.54) is 7.11 Å². The SMILES string of the molecule is COCC(C)S(=O)(=O)NC1CCCNC1. The maximum atomic E-state index is 11.8. The fourth-order valence-electron chi connectivity index (χ4n) is 1.63. The van der Waals surface area contributed by atoms with E-state index in [1.807, 2.05) is 0 Å². The van der Waals surface area contributed by atoms with Crippen LogP contribution in [0.4, 0.5) is 0 Å². The van der Waals surface area contributed by atoms with Crippen molar-refractivity contribution in [2.45, 2.75) is 31.1 Å². The minimum atomic E-state index is -3.24. The van der Waals surface area contributed by atoms with Crippen LogP contribution in [0.15, 0.2) is 0 Å². The van der Waals surface area contributed by atoms with Crippen molar-refractivity contribution >= 4 is 10.0 Å². The first kappa shape index (κ1) is 12.9. The number of ether oxygens (including phenoxy) is 1. The van der Waals surface area contributed by atoms with Crippen molar-refractivity contribution in [1.29, 1.82) is 0 Å². The summed E-state index contributed by atoms with van der Waals surface area (Å²) in [6.07, 6.45) is 1.93. The van der Waals surface area contributed by atoms with Crippen LogP contribution in [-0.2, 0) is 14.8 Å². The molecule has 1 saturated heterocycles. The van der Waals surface area contributed by atoms with E-state index in [0.717, 1.165) is 25.9 Å². The van der Waals surface area contributed by atoms with Gasteiger partial charge in [0.2, 0.25) is 10.0 Å². The van der Waals surface area contributed by atoms with E-state index in [9.17, 15) is 8.42 Å². The fourth-order valence-corrected chi connectivity index (χ4v) is 2.84. The Balaban J connectivity index is 2.47. The summed E-state index contributed by atoms with van der Waals surface area (Å²) in [7, 11) is -1.73. The van der Waals surface area contributed by atoms with E-state index in [0.29, 0.717) is 0 Å². The molecule has 0 aliphatic carbocycles. The smallest absolute Gasteiger partial charge is 0.216 e. The molecule has 15 heavy (non-hydrogen) atoms. The third-order valence-electron chi connectivity index (χ3n) is 2.56. The Morgan fingerprint density at radius 3 is 2.87 bits per heavy atom. The van der Waals surface area contributed by atoms with Gasteiger partial charge in [-0.05, 0) is 26.3 Å². The lowest BCUT2D eigenvalue weighted by Crippen LogP contribution is -2.48. The first-order valence-corrected chi connectivity index (χ1v) is 6.81. The summed E-state index contributed by atoms with van der Waals surface area (Å²) in [6, 6.07) is 0.0306. The number of hydrogen-bond acceptors (Lipinski definition) is 4. The van der Waals surface area contributed by atoms with Gasteiger partial charge in [0.1, 0.15) is 0 Å². The normalized spacial score (nSPS) is 25.1. The van der Waals surface area contributed by atoms with Crippen molar-refractivity contribution in [1.82, 2.24) is 10.0 Å². The molecular formula is C9H20N2O3S. The van der Waals surface area contributed by atoms with E-state index in [4.69, 9.17) is 4.74 Å². The molecule has 0 radical (unpaired) electrons. The number of rotatable bonds is 5. The Bertz CT molecular complexity index is 273. The molecule has 0 aromatic heterocycles. The topological polar surface area (TPSA) is 67.4 Å². The maximum absolute atomic E-state index is 11.8. The highest BCUT2D eigenvalue weighted by Gasteiger charge is 2.25. The van der Waals surface area contributed by atoms with Gasteiger partial charge >= 0.3 is 0 Å². The Labute approximate surface area is 91.6 Å². The van der Waals surface area contributed by atoms with Crippen molar-refractivity contribution in [2.75, 3.05) is 26.8 Å². The van der Waals surface area contributed by atoms with Crippen molar-refractivity contribution in [3.63, 3.8) is 0 Å². The molecule has 1 rings (SSSR count). The summed E-state index contributed by atoms with van der Waals surface area (Å²) < 4.78 is 31.1. The summed E-state index contributed by atoms with van der Waals surface area (Å²) >= 11 is 0. The Kier molecular flexibility index (Phi) is 4.98. The van der Waals surface area contributed by atoms with Crippen molar-refractivity contribution in [3.05, 3.63) is 0 Å². The van der Waals surface area contributed by atoms with Crippen LogP contribution in [0.3, 0.4) is 0 Å². The number of piperidine rings is 1. The third-order valence-corrected chi connectivity index (χ3v) is 4.42. The second-order valence-electron chi connectivity index (χ2n) is 3.97. The molecule has 2 atom stereocenters. The minimum absolute atomic E-state index is 0.0306. The van der Waals surface area contributed by atoms with Crippen LogP contribution in [0.5, 0.6) is 0 Å². The maximum Gasteiger partial charge on any atom is 0.216 e. The van der Waals surface area contributed by atoms with Gasteiger partial charge in [-0.25, -0.2) is 13.1 Å². The van der Waals surface area contributed by atoms with Gasteiger partial charge in [-0.2, -0.15) is 0 Å². The molecule has 2 unspecified atom stereocenters. The van der Waals surface area contributed by atoms with E-state index in [2.05, 4.69) is 10.0 Å². The highest BCUT2D eigenvalue weighted by atomic mass is 32.2. The predicted octanol–water partition coefficient (Wildman–Crippen LogP) is -0.307. The Hall–Kier alpha value is -0.170. The van der Waals surface area contributed by atoms with Crippen LogP contribution in [0.25, 0.3) is 0 Å². The van der Waals surface area contributed by atoms with Gasteiger partial charge in [0, 0.05) is 19.7 Å². The van der Waals surface area contributed by atoms with Crippen molar-refractivity contribution in [2.24, 2.45) is 0 Å². The lowest BCUT2D eigenvalue weighted by atomic mass is 10.1. The quantitative estimate of drug-likeness (QED) is 0.687. The fraction of sp³-hybridized carbons (Fsp3) is 1.00. The summed E-state index contributed by atoms with van der Waals surface area (Å²) in [5.41, 5.74) is 0. The van der Waals surface area contributed by atoms with Crippen molar-refractivity contribution < 1.29 is 13.2 Å². The number of sulfonamides is 1. The molecular weight excluding hydrogens is 216 g/mol. The molecule has 1 fully saturated rings. The number of methoxy groups -OCH3 is 1. The van der Waals surface area contributed by atoms with Gasteiger partial charge in [-0.3, -0.25) is 0 Å². The second kappa shape index (κ2) is 5.79. The molecule has 1 heterocycles. The molecule has 6 heteroatoms. The second-order valence-corrected chi connectivity index (χ2v) is 6.10. The Morgan fingerprint density at radius 1 is 1.60 bits per heavy atom. The van der Waals surface area contributed by atoms with E-state index in [1.54, 1.807) is 6.92 Å². The molecule has 0 amide bonds. The predicted molar refractivity (Wildman–Crippen MR) is 59.3 cm³/mol. The van der Waals surface area contributed by atoms with Crippen LogP contribution in [-0.4, -0.2) is 46.5 Å². The zero-order valence-electron chi connectivity index (χ0n) is 9.32. The third kappa shape index (κ3) is 4.06. The molecule has 0 spiro atoms. The minimum Gasteiger partial charge on any atom is -0.383 e. The highest BCUT2D eigenvalue weighted by Crippen LogP contribution is 2.06. The van der Waals surface area contributed by atoms with Crippen LogP contribution in [0.1, 0.15) is 19.8 Å². The summed E-state index contributed by atoms with van der Waals surface area (Å²) in [6.45, 7) is 3.59. The van der Waals surface area contributed by atoms with E-state index < -0.39 is 15.3 Å². The summed E-state index contributed by atoms with van der Waals surface area (Å²) in [5.74, 6) is 0. The average molecular weight is 236 g/mol.